The summed E-state index contributed by atoms with van der Waals surface area (Å²) < 4.78 is 5.78. The summed E-state index contributed by atoms with van der Waals surface area (Å²) in [6, 6.07) is 17.3. The van der Waals surface area contributed by atoms with Gasteiger partial charge in [0, 0.05) is 15.8 Å². The molecule has 3 rings (SSSR count). The van der Waals surface area contributed by atoms with E-state index in [-0.39, 0.29) is 5.41 Å². The van der Waals surface area contributed by atoms with Gasteiger partial charge in [-0.15, -0.1) is 0 Å². The molecule has 0 bridgehead atoms. The average Bonchev–Trinajstić information content (AvgIpc) is 2.82. The maximum Gasteiger partial charge on any atom is 0.123 e. The minimum absolute atomic E-state index is 0.105. The van der Waals surface area contributed by atoms with Gasteiger partial charge in [0.15, 0.2) is 0 Å². The molecule has 0 spiro atoms. The fraction of sp³-hybridized carbons (Fsp3) is 0.368. The van der Waals surface area contributed by atoms with E-state index in [9.17, 15) is 0 Å². The van der Waals surface area contributed by atoms with Gasteiger partial charge in [-0.05, 0) is 23.1 Å². The maximum absolute atomic E-state index is 5.78. The highest BCUT2D eigenvalue weighted by Crippen LogP contribution is 2.43. The van der Waals surface area contributed by atoms with Crippen LogP contribution in [0.5, 0.6) is 5.75 Å². The number of fused-ring (bicyclic) bond motifs is 1. The molecule has 2 atom stereocenters. The van der Waals surface area contributed by atoms with Crippen LogP contribution in [-0.4, -0.2) is 6.61 Å². The molecule has 2 aromatic rings. The number of rotatable bonds is 3. The van der Waals surface area contributed by atoms with Gasteiger partial charge in [-0.2, -0.15) is 0 Å². The lowest BCUT2D eigenvalue weighted by atomic mass is 9.84. The highest BCUT2D eigenvalue weighted by molar-refractivity contribution is 9.09. The van der Waals surface area contributed by atoms with Crippen molar-refractivity contribution in [3.05, 3.63) is 65.2 Å². The third-order valence-corrected chi connectivity index (χ3v) is 5.73. The Morgan fingerprint density at radius 2 is 1.76 bits per heavy atom. The molecule has 1 aliphatic heterocycles. The van der Waals surface area contributed by atoms with Crippen LogP contribution in [0.2, 0.25) is 0 Å². The molecule has 110 valence electrons. The van der Waals surface area contributed by atoms with Gasteiger partial charge < -0.3 is 4.74 Å². The van der Waals surface area contributed by atoms with Crippen LogP contribution in [0.1, 0.15) is 48.2 Å². The van der Waals surface area contributed by atoms with Crippen molar-refractivity contribution in [3.63, 3.8) is 0 Å². The zero-order chi connectivity index (χ0) is 15.0. The third kappa shape index (κ3) is 2.74. The fourth-order valence-electron chi connectivity index (χ4n) is 2.92. The molecule has 0 fully saturated rings. The second kappa shape index (κ2) is 5.49. The Morgan fingerprint density at radius 3 is 2.48 bits per heavy atom. The quantitative estimate of drug-likeness (QED) is 0.658. The Morgan fingerprint density at radius 1 is 1.05 bits per heavy atom. The van der Waals surface area contributed by atoms with Crippen molar-refractivity contribution in [1.29, 1.82) is 0 Å². The molecular formula is C19H21BrO. The van der Waals surface area contributed by atoms with E-state index >= 15 is 0 Å². The first-order valence-electron chi connectivity index (χ1n) is 7.45. The Kier molecular flexibility index (Phi) is 3.83. The molecule has 1 nitrogen and oxygen atoms in total. The zero-order valence-corrected chi connectivity index (χ0v) is 14.4. The van der Waals surface area contributed by atoms with Crippen LogP contribution in [0.15, 0.2) is 48.5 Å². The van der Waals surface area contributed by atoms with Gasteiger partial charge in [-0.3, -0.25) is 0 Å². The van der Waals surface area contributed by atoms with E-state index in [1.54, 1.807) is 0 Å². The van der Waals surface area contributed by atoms with Crippen molar-refractivity contribution in [2.75, 3.05) is 6.61 Å². The van der Waals surface area contributed by atoms with Crippen LogP contribution < -0.4 is 4.74 Å². The molecule has 0 radical (unpaired) electrons. The topological polar surface area (TPSA) is 9.23 Å². The highest BCUT2D eigenvalue weighted by atomic mass is 79.9. The lowest BCUT2D eigenvalue weighted by Crippen LogP contribution is -2.18. The summed E-state index contributed by atoms with van der Waals surface area (Å²) in [4.78, 5) is 0.307. The van der Waals surface area contributed by atoms with E-state index < -0.39 is 0 Å². The normalized spacial score (nSPS) is 18.7. The number of halogens is 1. The second-order valence-corrected chi connectivity index (χ2v) is 7.52. The van der Waals surface area contributed by atoms with Crippen molar-refractivity contribution in [2.45, 2.75) is 36.9 Å². The van der Waals surface area contributed by atoms with E-state index in [0.29, 0.717) is 10.7 Å². The first-order chi connectivity index (χ1) is 9.99. The largest absolute Gasteiger partial charge is 0.492 e. The molecule has 0 saturated heterocycles. The summed E-state index contributed by atoms with van der Waals surface area (Å²) >= 11 is 3.89. The lowest BCUT2D eigenvalue weighted by molar-refractivity contribution is 0.291. The van der Waals surface area contributed by atoms with Crippen LogP contribution in [0, 0.1) is 0 Å². The molecule has 2 unspecified atom stereocenters. The second-order valence-electron chi connectivity index (χ2n) is 6.53. The summed E-state index contributed by atoms with van der Waals surface area (Å²) in [5.41, 5.74) is 4.11. The van der Waals surface area contributed by atoms with E-state index in [2.05, 4.69) is 85.2 Å². The molecule has 0 amide bonds. The molecule has 1 heterocycles. The smallest absolute Gasteiger partial charge is 0.123 e. The van der Waals surface area contributed by atoms with Crippen LogP contribution in [-0.2, 0) is 5.41 Å². The third-order valence-electron chi connectivity index (χ3n) is 4.40. The van der Waals surface area contributed by atoms with Crippen LogP contribution in [0.25, 0.3) is 0 Å². The molecule has 21 heavy (non-hydrogen) atoms. The SMILES string of the molecule is CC(c1ccccc1)C(Br)c1ccc2c(c1)C(C)(C)CO2. The number of hydrogen-bond donors (Lipinski definition) is 0. The maximum atomic E-state index is 5.78. The molecule has 0 saturated carbocycles. The van der Waals surface area contributed by atoms with Crippen molar-refractivity contribution in [1.82, 2.24) is 0 Å². The summed E-state index contributed by atoms with van der Waals surface area (Å²) in [6.45, 7) is 7.52. The standard InChI is InChI=1S/C19H21BrO/c1-13(14-7-5-4-6-8-14)18(20)15-9-10-17-16(11-15)19(2,3)12-21-17/h4-11,13,18H,12H2,1-3H3. The molecular weight excluding hydrogens is 324 g/mol. The predicted molar refractivity (Wildman–Crippen MR) is 91.5 cm³/mol. The van der Waals surface area contributed by atoms with E-state index in [1.807, 2.05) is 0 Å². The van der Waals surface area contributed by atoms with E-state index in [0.717, 1.165) is 12.4 Å². The Labute approximate surface area is 135 Å². The average molecular weight is 345 g/mol. The zero-order valence-electron chi connectivity index (χ0n) is 12.8. The molecule has 0 aliphatic carbocycles. The van der Waals surface area contributed by atoms with Crippen LogP contribution in [0.4, 0.5) is 0 Å². The molecule has 0 aromatic heterocycles. The monoisotopic (exact) mass is 344 g/mol. The number of hydrogen-bond acceptors (Lipinski definition) is 1. The van der Waals surface area contributed by atoms with Crippen molar-refractivity contribution < 1.29 is 4.74 Å². The van der Waals surface area contributed by atoms with Crippen LogP contribution in [0.3, 0.4) is 0 Å². The van der Waals surface area contributed by atoms with Crippen molar-refractivity contribution in [3.8, 4) is 5.75 Å². The van der Waals surface area contributed by atoms with Gasteiger partial charge in [-0.1, -0.05) is 79.2 Å². The number of alkyl halides is 1. The molecule has 2 heteroatoms. The van der Waals surface area contributed by atoms with Gasteiger partial charge in [0.2, 0.25) is 0 Å². The summed E-state index contributed by atoms with van der Waals surface area (Å²) in [6.07, 6.45) is 0. The first-order valence-corrected chi connectivity index (χ1v) is 8.37. The van der Waals surface area contributed by atoms with Gasteiger partial charge >= 0.3 is 0 Å². The van der Waals surface area contributed by atoms with Crippen molar-refractivity contribution in [2.24, 2.45) is 0 Å². The van der Waals surface area contributed by atoms with Gasteiger partial charge in [0.25, 0.3) is 0 Å². The Balaban J connectivity index is 1.91. The van der Waals surface area contributed by atoms with Gasteiger partial charge in [0.05, 0.1) is 6.61 Å². The fourth-order valence-corrected chi connectivity index (χ4v) is 3.51. The summed E-state index contributed by atoms with van der Waals surface area (Å²) in [5.74, 6) is 1.46. The molecule has 1 aliphatic rings. The summed E-state index contributed by atoms with van der Waals surface area (Å²) in [7, 11) is 0. The lowest BCUT2D eigenvalue weighted by Gasteiger charge is -2.21. The Hall–Kier alpha value is -1.28. The predicted octanol–water partition coefficient (Wildman–Crippen LogP) is 5.60. The van der Waals surface area contributed by atoms with Gasteiger partial charge in [-0.25, -0.2) is 0 Å². The van der Waals surface area contributed by atoms with Crippen molar-refractivity contribution >= 4 is 15.9 Å². The van der Waals surface area contributed by atoms with Crippen LogP contribution >= 0.6 is 15.9 Å². The van der Waals surface area contributed by atoms with E-state index in [4.69, 9.17) is 4.74 Å². The minimum Gasteiger partial charge on any atom is -0.492 e. The van der Waals surface area contributed by atoms with E-state index in [1.165, 1.54) is 16.7 Å². The summed E-state index contributed by atoms with van der Waals surface area (Å²) in [5, 5.41) is 0. The van der Waals surface area contributed by atoms with Gasteiger partial charge in [0.1, 0.15) is 5.75 Å². The number of ether oxygens (including phenoxy) is 1. The molecule has 2 aromatic carbocycles. The Bertz CT molecular complexity index is 633. The minimum atomic E-state index is 0.105. The molecule has 0 N–H and O–H groups in total. The first kappa shape index (κ1) is 14.6. The number of benzene rings is 2. The highest BCUT2D eigenvalue weighted by Gasteiger charge is 2.32.